The van der Waals surface area contributed by atoms with Gasteiger partial charge < -0.3 is 15.5 Å². The van der Waals surface area contributed by atoms with E-state index in [4.69, 9.17) is 11.6 Å². The van der Waals surface area contributed by atoms with Crippen LogP contribution in [0.5, 0.6) is 0 Å². The minimum atomic E-state index is -4.55. The van der Waals surface area contributed by atoms with Gasteiger partial charge in [-0.2, -0.15) is 13.2 Å². The van der Waals surface area contributed by atoms with Crippen molar-refractivity contribution in [3.63, 3.8) is 0 Å². The van der Waals surface area contributed by atoms with E-state index in [0.29, 0.717) is 21.7 Å². The molecule has 0 radical (unpaired) electrons. The molecule has 0 unspecified atom stereocenters. The average molecular weight is 491 g/mol. The van der Waals surface area contributed by atoms with E-state index in [1.165, 1.54) is 6.07 Å². The number of fused-ring (bicyclic) bond motifs is 1. The van der Waals surface area contributed by atoms with Crippen molar-refractivity contribution in [2.75, 3.05) is 24.3 Å². The van der Waals surface area contributed by atoms with E-state index in [1.54, 1.807) is 31.3 Å². The Morgan fingerprint density at radius 1 is 1.09 bits per heavy atom. The molecule has 1 aliphatic carbocycles. The molecule has 9 heteroatoms. The van der Waals surface area contributed by atoms with E-state index in [0.717, 1.165) is 37.4 Å². The normalized spacial score (nSPS) is 18.5. The smallest absolute Gasteiger partial charge is 0.388 e. The molecule has 1 aromatic heterocycles. The fourth-order valence-corrected chi connectivity index (χ4v) is 4.68. The van der Waals surface area contributed by atoms with Crippen LogP contribution in [0.4, 0.5) is 24.5 Å². The van der Waals surface area contributed by atoms with E-state index in [1.807, 2.05) is 24.1 Å². The highest BCUT2D eigenvalue weighted by molar-refractivity contribution is 6.31. The summed E-state index contributed by atoms with van der Waals surface area (Å²) in [5.41, 5.74) is 1.24. The lowest BCUT2D eigenvalue weighted by molar-refractivity contribution is -0.140. The minimum Gasteiger partial charge on any atom is -0.388 e. The van der Waals surface area contributed by atoms with Crippen molar-refractivity contribution < 1.29 is 18.0 Å². The van der Waals surface area contributed by atoms with Gasteiger partial charge in [-0.05, 0) is 68.1 Å². The van der Waals surface area contributed by atoms with Gasteiger partial charge >= 0.3 is 6.18 Å². The number of hydrogen-bond acceptors (Lipinski definition) is 4. The lowest BCUT2D eigenvalue weighted by Gasteiger charge is -2.37. The van der Waals surface area contributed by atoms with Crippen LogP contribution in [0.2, 0.25) is 5.02 Å². The number of alkyl halides is 3. The Morgan fingerprint density at radius 3 is 2.50 bits per heavy atom. The first kappa shape index (κ1) is 24.1. The van der Waals surface area contributed by atoms with Gasteiger partial charge in [0.05, 0.1) is 5.52 Å². The Balaban J connectivity index is 1.48. The SMILES string of the molecule is CNc1cccc(C(=O)NC2CCC(N(C)c3cc(C(F)(F)F)nc4ccc(Cl)cc34)CC2)c1. The van der Waals surface area contributed by atoms with Gasteiger partial charge in [0.2, 0.25) is 0 Å². The third kappa shape index (κ3) is 5.22. The molecule has 1 amide bonds. The third-order valence-corrected chi connectivity index (χ3v) is 6.65. The number of nitrogens with zero attached hydrogens (tertiary/aromatic N) is 2. The van der Waals surface area contributed by atoms with Gasteiger partial charge in [-0.25, -0.2) is 4.98 Å². The first-order valence-electron chi connectivity index (χ1n) is 11.1. The Hall–Kier alpha value is -3.00. The molecular weight excluding hydrogens is 465 g/mol. The number of amides is 1. The highest BCUT2D eigenvalue weighted by atomic mass is 35.5. The lowest BCUT2D eigenvalue weighted by atomic mass is 9.89. The summed E-state index contributed by atoms with van der Waals surface area (Å²) >= 11 is 6.14. The van der Waals surface area contributed by atoms with Crippen LogP contribution in [0.25, 0.3) is 10.9 Å². The van der Waals surface area contributed by atoms with E-state index < -0.39 is 11.9 Å². The predicted octanol–water partition coefficient (Wildman–Crippen LogP) is 6.13. The summed E-state index contributed by atoms with van der Waals surface area (Å²) in [6, 6.07) is 13.1. The Kier molecular flexibility index (Phi) is 6.89. The van der Waals surface area contributed by atoms with E-state index in [-0.39, 0.29) is 23.5 Å². The first-order valence-corrected chi connectivity index (χ1v) is 11.5. The molecule has 1 saturated carbocycles. The van der Waals surface area contributed by atoms with Gasteiger partial charge in [0.1, 0.15) is 5.69 Å². The highest BCUT2D eigenvalue weighted by Crippen LogP contribution is 2.37. The van der Waals surface area contributed by atoms with Crippen LogP contribution in [0.1, 0.15) is 41.7 Å². The van der Waals surface area contributed by atoms with Crippen LogP contribution in [-0.2, 0) is 6.18 Å². The zero-order valence-corrected chi connectivity index (χ0v) is 19.7. The topological polar surface area (TPSA) is 57.3 Å². The van der Waals surface area contributed by atoms with Gasteiger partial charge in [0.25, 0.3) is 5.91 Å². The molecule has 0 aliphatic heterocycles. The number of rotatable bonds is 5. The second-order valence-corrected chi connectivity index (χ2v) is 9.04. The van der Waals surface area contributed by atoms with Crippen molar-refractivity contribution >= 4 is 39.8 Å². The second-order valence-electron chi connectivity index (χ2n) is 8.61. The molecule has 1 aliphatic rings. The van der Waals surface area contributed by atoms with Gasteiger partial charge in [0, 0.05) is 53.5 Å². The van der Waals surface area contributed by atoms with Gasteiger partial charge in [-0.3, -0.25) is 4.79 Å². The van der Waals surface area contributed by atoms with Crippen molar-refractivity contribution in [3.05, 3.63) is 64.8 Å². The molecule has 3 aromatic rings. The molecule has 0 spiro atoms. The fraction of sp³-hybridized carbons (Fsp3) is 0.360. The van der Waals surface area contributed by atoms with Gasteiger partial charge in [-0.1, -0.05) is 17.7 Å². The third-order valence-electron chi connectivity index (χ3n) is 6.41. The Labute approximate surface area is 201 Å². The van der Waals surface area contributed by atoms with Gasteiger partial charge in [0.15, 0.2) is 0 Å². The number of halogens is 4. The Bertz CT molecular complexity index is 1190. The fourth-order valence-electron chi connectivity index (χ4n) is 4.51. The number of pyridine rings is 1. The van der Waals surface area contributed by atoms with Gasteiger partial charge in [-0.15, -0.1) is 0 Å². The number of anilines is 2. The van der Waals surface area contributed by atoms with Crippen LogP contribution in [0.15, 0.2) is 48.5 Å². The molecule has 2 aromatic carbocycles. The quantitative estimate of drug-likeness (QED) is 0.452. The summed E-state index contributed by atoms with van der Waals surface area (Å²) in [5, 5.41) is 7.14. The molecule has 1 fully saturated rings. The van der Waals surface area contributed by atoms with Crippen molar-refractivity contribution in [3.8, 4) is 0 Å². The van der Waals surface area contributed by atoms with Crippen molar-refractivity contribution in [1.29, 1.82) is 0 Å². The minimum absolute atomic E-state index is 0.0183. The second kappa shape index (κ2) is 9.70. The molecule has 0 saturated heterocycles. The molecule has 0 atom stereocenters. The molecule has 4 rings (SSSR count). The molecular formula is C25H26ClF3N4O. The van der Waals surface area contributed by atoms with Crippen LogP contribution < -0.4 is 15.5 Å². The zero-order valence-electron chi connectivity index (χ0n) is 18.9. The summed E-state index contributed by atoms with van der Waals surface area (Å²) in [4.78, 5) is 18.3. The summed E-state index contributed by atoms with van der Waals surface area (Å²) in [7, 11) is 3.61. The van der Waals surface area contributed by atoms with Crippen LogP contribution >= 0.6 is 11.6 Å². The summed E-state index contributed by atoms with van der Waals surface area (Å²) in [6.45, 7) is 0. The number of hydrogen-bond donors (Lipinski definition) is 2. The summed E-state index contributed by atoms with van der Waals surface area (Å²) in [5.74, 6) is -0.126. The number of nitrogens with one attached hydrogen (secondary N) is 2. The maximum atomic E-state index is 13.5. The molecule has 5 nitrogen and oxygen atoms in total. The van der Waals surface area contributed by atoms with Crippen LogP contribution in [-0.4, -0.2) is 37.1 Å². The number of carbonyl (C=O) groups is 1. The molecule has 1 heterocycles. The average Bonchev–Trinajstić information content (AvgIpc) is 2.82. The van der Waals surface area contributed by atoms with Crippen molar-refractivity contribution in [1.82, 2.24) is 10.3 Å². The van der Waals surface area contributed by atoms with E-state index in [9.17, 15) is 18.0 Å². The zero-order chi connectivity index (χ0) is 24.5. The van der Waals surface area contributed by atoms with Crippen LogP contribution in [0.3, 0.4) is 0 Å². The Morgan fingerprint density at radius 2 is 1.82 bits per heavy atom. The maximum Gasteiger partial charge on any atom is 0.433 e. The largest absolute Gasteiger partial charge is 0.433 e. The first-order chi connectivity index (χ1) is 16.2. The molecule has 2 N–H and O–H groups in total. The molecule has 180 valence electrons. The highest BCUT2D eigenvalue weighted by Gasteiger charge is 2.34. The predicted molar refractivity (Wildman–Crippen MR) is 130 cm³/mol. The van der Waals surface area contributed by atoms with Crippen molar-refractivity contribution in [2.45, 2.75) is 43.9 Å². The van der Waals surface area contributed by atoms with Crippen LogP contribution in [0, 0.1) is 0 Å². The number of carbonyl (C=O) groups excluding carboxylic acids is 1. The van der Waals surface area contributed by atoms with E-state index in [2.05, 4.69) is 15.6 Å². The number of aromatic nitrogens is 1. The maximum absolute atomic E-state index is 13.5. The number of benzene rings is 2. The lowest BCUT2D eigenvalue weighted by Crippen LogP contribution is -2.43. The van der Waals surface area contributed by atoms with E-state index >= 15 is 0 Å². The molecule has 34 heavy (non-hydrogen) atoms. The summed E-state index contributed by atoms with van der Waals surface area (Å²) in [6.07, 6.45) is -1.59. The standard InChI is InChI=1S/C25H26ClF3N4O/c1-30-18-5-3-4-15(12-18)24(34)31-17-7-9-19(10-8-17)33(2)22-14-23(25(27,28)29)32-21-11-6-16(26)13-20(21)22/h3-6,11-14,17,19,30H,7-10H2,1-2H3,(H,31,34). The van der Waals surface area contributed by atoms with Crippen molar-refractivity contribution in [2.24, 2.45) is 0 Å². The monoisotopic (exact) mass is 490 g/mol. The molecule has 0 bridgehead atoms. The summed E-state index contributed by atoms with van der Waals surface area (Å²) < 4.78 is 40.5.